The molecule has 1 aliphatic rings. The molecule has 0 aliphatic carbocycles. The van der Waals surface area contributed by atoms with Crippen molar-refractivity contribution in [1.82, 2.24) is 4.31 Å². The van der Waals surface area contributed by atoms with Crippen molar-refractivity contribution >= 4 is 27.3 Å². The first-order valence-corrected chi connectivity index (χ1v) is 7.78. The summed E-state index contributed by atoms with van der Waals surface area (Å²) < 4.78 is 26.4. The Morgan fingerprint density at radius 2 is 2.17 bits per heavy atom. The number of hydrogen-bond acceptors (Lipinski definition) is 3. The number of hydrogen-bond donors (Lipinski definition) is 1. The number of nitrogens with zero attached hydrogens (tertiary/aromatic N) is 1. The van der Waals surface area contributed by atoms with Crippen LogP contribution < -0.4 is 5.73 Å². The topological polar surface area (TPSA) is 63.4 Å². The molecule has 18 heavy (non-hydrogen) atoms. The number of nitrogen functional groups attached to an aromatic ring is 1. The lowest BCUT2D eigenvalue weighted by Gasteiger charge is -2.30. The summed E-state index contributed by atoms with van der Waals surface area (Å²) in [6, 6.07) is 4.46. The van der Waals surface area contributed by atoms with E-state index in [2.05, 4.69) is 6.92 Å². The van der Waals surface area contributed by atoms with E-state index in [1.807, 2.05) is 0 Å². The Morgan fingerprint density at radius 1 is 1.44 bits per heavy atom. The number of halogens is 1. The maximum absolute atomic E-state index is 12.4. The van der Waals surface area contributed by atoms with Crippen molar-refractivity contribution in [2.75, 3.05) is 18.8 Å². The maximum atomic E-state index is 12.4. The number of piperidine rings is 1. The Bertz CT molecular complexity index is 545. The predicted molar refractivity (Wildman–Crippen MR) is 73.0 cm³/mol. The number of sulfonamides is 1. The molecule has 0 unspecified atom stereocenters. The van der Waals surface area contributed by atoms with Crippen LogP contribution in [0.1, 0.15) is 19.8 Å². The molecule has 0 aromatic heterocycles. The van der Waals surface area contributed by atoms with Gasteiger partial charge in [0.05, 0.1) is 15.6 Å². The highest BCUT2D eigenvalue weighted by Gasteiger charge is 2.28. The SMILES string of the molecule is C[C@H]1CCCN(S(=O)(=O)c2ccc(Cl)c(N)c2)C1. The first-order chi connectivity index (χ1) is 8.41. The molecule has 0 bridgehead atoms. The molecule has 0 saturated carbocycles. The van der Waals surface area contributed by atoms with Crippen molar-refractivity contribution in [2.24, 2.45) is 5.92 Å². The number of benzene rings is 1. The summed E-state index contributed by atoms with van der Waals surface area (Å²) in [5.74, 6) is 0.401. The van der Waals surface area contributed by atoms with Crippen LogP contribution in [0.5, 0.6) is 0 Å². The van der Waals surface area contributed by atoms with Gasteiger partial charge >= 0.3 is 0 Å². The van der Waals surface area contributed by atoms with Gasteiger partial charge in [0, 0.05) is 13.1 Å². The summed E-state index contributed by atoms with van der Waals surface area (Å²) >= 11 is 5.81. The van der Waals surface area contributed by atoms with Gasteiger partial charge in [-0.1, -0.05) is 18.5 Å². The zero-order chi connectivity index (χ0) is 13.3. The van der Waals surface area contributed by atoms with Gasteiger partial charge in [-0.2, -0.15) is 4.31 Å². The van der Waals surface area contributed by atoms with Crippen molar-refractivity contribution in [3.8, 4) is 0 Å². The van der Waals surface area contributed by atoms with Crippen molar-refractivity contribution in [2.45, 2.75) is 24.7 Å². The van der Waals surface area contributed by atoms with Gasteiger partial charge in [-0.3, -0.25) is 0 Å². The van der Waals surface area contributed by atoms with Crippen LogP contribution in [0.3, 0.4) is 0 Å². The molecule has 6 heteroatoms. The van der Waals surface area contributed by atoms with Crippen LogP contribution >= 0.6 is 11.6 Å². The van der Waals surface area contributed by atoms with E-state index < -0.39 is 10.0 Å². The highest BCUT2D eigenvalue weighted by Crippen LogP contribution is 2.27. The molecule has 1 aromatic rings. The van der Waals surface area contributed by atoms with Crippen molar-refractivity contribution < 1.29 is 8.42 Å². The zero-order valence-corrected chi connectivity index (χ0v) is 11.8. The minimum Gasteiger partial charge on any atom is -0.397 e. The van der Waals surface area contributed by atoms with Crippen molar-refractivity contribution in [3.05, 3.63) is 23.2 Å². The lowest BCUT2D eigenvalue weighted by Crippen LogP contribution is -2.39. The smallest absolute Gasteiger partial charge is 0.243 e. The van der Waals surface area contributed by atoms with E-state index >= 15 is 0 Å². The normalized spacial score (nSPS) is 22.0. The summed E-state index contributed by atoms with van der Waals surface area (Å²) in [7, 11) is -3.44. The fraction of sp³-hybridized carbons (Fsp3) is 0.500. The van der Waals surface area contributed by atoms with Crippen LogP contribution in [0.25, 0.3) is 0 Å². The molecule has 1 saturated heterocycles. The Hall–Kier alpha value is -0.780. The third kappa shape index (κ3) is 2.63. The Labute approximate surface area is 113 Å². The van der Waals surface area contributed by atoms with Gasteiger partial charge < -0.3 is 5.73 Å². The minimum absolute atomic E-state index is 0.221. The standard InChI is InChI=1S/C12H17ClN2O2S/c1-9-3-2-6-15(8-9)18(16,17)10-4-5-11(13)12(14)7-10/h4-5,7,9H,2-3,6,8,14H2,1H3/t9-/m0/s1. The quantitative estimate of drug-likeness (QED) is 0.850. The highest BCUT2D eigenvalue weighted by molar-refractivity contribution is 7.89. The van der Waals surface area contributed by atoms with Gasteiger partial charge in [0.1, 0.15) is 0 Å². The van der Waals surface area contributed by atoms with Gasteiger partial charge in [-0.25, -0.2) is 8.42 Å². The molecule has 2 rings (SSSR count). The maximum Gasteiger partial charge on any atom is 0.243 e. The molecule has 1 fully saturated rings. The van der Waals surface area contributed by atoms with Crippen molar-refractivity contribution in [1.29, 1.82) is 0 Å². The molecule has 0 amide bonds. The first kappa shape index (κ1) is 13.6. The first-order valence-electron chi connectivity index (χ1n) is 5.96. The number of anilines is 1. The van der Waals surface area contributed by atoms with Crippen LogP contribution in [-0.2, 0) is 10.0 Å². The van der Waals surface area contributed by atoms with E-state index in [0.717, 1.165) is 12.8 Å². The van der Waals surface area contributed by atoms with Gasteiger partial charge in [-0.05, 0) is 37.0 Å². The summed E-state index contributed by atoms with van der Waals surface area (Å²) in [5, 5.41) is 0.376. The van der Waals surface area contributed by atoms with E-state index in [1.54, 1.807) is 0 Å². The Kier molecular flexibility index (Phi) is 3.84. The molecule has 0 radical (unpaired) electrons. The van der Waals surface area contributed by atoms with E-state index in [0.29, 0.717) is 29.7 Å². The van der Waals surface area contributed by atoms with Crippen LogP contribution in [0.4, 0.5) is 5.69 Å². The predicted octanol–water partition coefficient (Wildman–Crippen LogP) is 2.34. The van der Waals surface area contributed by atoms with Gasteiger partial charge in [0.25, 0.3) is 0 Å². The van der Waals surface area contributed by atoms with E-state index in [-0.39, 0.29) is 4.90 Å². The lowest BCUT2D eigenvalue weighted by molar-refractivity contribution is 0.281. The second-order valence-corrected chi connectivity index (χ2v) is 7.14. The molecule has 0 spiro atoms. The molecular weight excluding hydrogens is 272 g/mol. The average molecular weight is 289 g/mol. The summed E-state index contributed by atoms with van der Waals surface area (Å²) in [4.78, 5) is 0.221. The third-order valence-electron chi connectivity index (χ3n) is 3.22. The summed E-state index contributed by atoms with van der Waals surface area (Å²) in [6.07, 6.45) is 1.98. The monoisotopic (exact) mass is 288 g/mol. The Balaban J connectivity index is 2.32. The van der Waals surface area contributed by atoms with Crippen LogP contribution in [-0.4, -0.2) is 25.8 Å². The molecule has 1 heterocycles. The van der Waals surface area contributed by atoms with Gasteiger partial charge in [0.2, 0.25) is 10.0 Å². The lowest BCUT2D eigenvalue weighted by atomic mass is 10.0. The Morgan fingerprint density at radius 3 is 2.78 bits per heavy atom. The molecular formula is C12H17ClN2O2S. The molecule has 4 nitrogen and oxygen atoms in total. The highest BCUT2D eigenvalue weighted by atomic mass is 35.5. The summed E-state index contributed by atoms with van der Waals surface area (Å²) in [5.41, 5.74) is 5.95. The van der Waals surface area contributed by atoms with Crippen LogP contribution in [0, 0.1) is 5.92 Å². The fourth-order valence-electron chi connectivity index (χ4n) is 2.20. The van der Waals surface area contributed by atoms with Gasteiger partial charge in [0.15, 0.2) is 0 Å². The fourth-order valence-corrected chi connectivity index (χ4v) is 3.95. The zero-order valence-electron chi connectivity index (χ0n) is 10.3. The van der Waals surface area contributed by atoms with Crippen LogP contribution in [0.15, 0.2) is 23.1 Å². The molecule has 1 aliphatic heterocycles. The largest absolute Gasteiger partial charge is 0.397 e. The second kappa shape index (κ2) is 5.07. The second-order valence-electron chi connectivity index (χ2n) is 4.79. The molecule has 1 atom stereocenters. The molecule has 2 N–H and O–H groups in total. The minimum atomic E-state index is -3.44. The third-order valence-corrected chi connectivity index (χ3v) is 5.43. The molecule has 1 aromatic carbocycles. The van der Waals surface area contributed by atoms with Gasteiger partial charge in [-0.15, -0.1) is 0 Å². The van der Waals surface area contributed by atoms with E-state index in [1.165, 1.54) is 22.5 Å². The molecule has 100 valence electrons. The average Bonchev–Trinajstić information content (AvgIpc) is 2.32. The summed E-state index contributed by atoms with van der Waals surface area (Å²) in [6.45, 7) is 3.22. The van der Waals surface area contributed by atoms with E-state index in [4.69, 9.17) is 17.3 Å². The van der Waals surface area contributed by atoms with Crippen LogP contribution in [0.2, 0.25) is 5.02 Å². The van der Waals surface area contributed by atoms with E-state index in [9.17, 15) is 8.42 Å². The number of rotatable bonds is 2. The van der Waals surface area contributed by atoms with Crippen molar-refractivity contribution in [3.63, 3.8) is 0 Å². The number of nitrogens with two attached hydrogens (primary N) is 1.